The summed E-state index contributed by atoms with van der Waals surface area (Å²) in [6.07, 6.45) is 0. The van der Waals surface area contributed by atoms with Gasteiger partial charge in [-0.05, 0) is 48.5 Å². The van der Waals surface area contributed by atoms with Gasteiger partial charge in [0.15, 0.2) is 0 Å². The van der Waals surface area contributed by atoms with Crippen LogP contribution in [0.15, 0.2) is 82.2 Å². The number of rotatable bonds is 7. The smallest absolute Gasteiger partial charge is 0.264 e. The average molecular weight is 489 g/mol. The molecule has 156 valence electrons. The highest BCUT2D eigenvalue weighted by Crippen LogP contribution is 2.24. The van der Waals surface area contributed by atoms with Gasteiger partial charge in [-0.1, -0.05) is 40.2 Å². The van der Waals surface area contributed by atoms with Gasteiger partial charge in [-0.3, -0.25) is 9.10 Å². The second-order valence-electron chi connectivity index (χ2n) is 6.47. The Balaban J connectivity index is 1.80. The Bertz CT molecular complexity index is 1150. The number of methoxy groups -OCH3 is 1. The summed E-state index contributed by atoms with van der Waals surface area (Å²) in [6.45, 7) is 0.238. The van der Waals surface area contributed by atoms with Crippen LogP contribution in [0.4, 0.5) is 5.69 Å². The number of sulfonamides is 1. The lowest BCUT2D eigenvalue weighted by Crippen LogP contribution is -2.27. The molecule has 0 bridgehead atoms. The third-order valence-electron chi connectivity index (χ3n) is 4.56. The van der Waals surface area contributed by atoms with E-state index in [0.717, 1.165) is 10.0 Å². The van der Waals surface area contributed by atoms with Crippen LogP contribution in [-0.2, 0) is 16.6 Å². The fourth-order valence-electron chi connectivity index (χ4n) is 2.90. The van der Waals surface area contributed by atoms with Crippen molar-refractivity contribution in [2.24, 2.45) is 0 Å². The Morgan fingerprint density at radius 2 is 1.77 bits per heavy atom. The molecule has 0 aliphatic heterocycles. The predicted octanol–water partition coefficient (Wildman–Crippen LogP) is 4.21. The molecule has 8 heteroatoms. The standard InChI is InChI=1S/C22H21BrN2O4S/c1-25(19-8-4-3-5-9-19)30(27,28)20-10-6-7-16(14-20)22(26)24-15-17-13-18(23)11-12-21(17)29-2/h3-14H,15H2,1-2H3,(H,24,26). The van der Waals surface area contributed by atoms with Crippen molar-refractivity contribution in [3.05, 3.63) is 88.4 Å². The Morgan fingerprint density at radius 3 is 2.47 bits per heavy atom. The van der Waals surface area contributed by atoms with E-state index in [-0.39, 0.29) is 22.9 Å². The van der Waals surface area contributed by atoms with Gasteiger partial charge in [-0.2, -0.15) is 0 Å². The van der Waals surface area contributed by atoms with Crippen LogP contribution in [0.5, 0.6) is 5.75 Å². The van der Waals surface area contributed by atoms with Gasteiger partial charge in [0.1, 0.15) is 5.75 Å². The highest BCUT2D eigenvalue weighted by atomic mass is 79.9. The summed E-state index contributed by atoms with van der Waals surface area (Å²) >= 11 is 3.40. The molecule has 0 aliphatic rings. The van der Waals surface area contributed by atoms with Gasteiger partial charge in [0, 0.05) is 29.2 Å². The lowest BCUT2D eigenvalue weighted by atomic mass is 10.1. The molecule has 0 unspecified atom stereocenters. The van der Waals surface area contributed by atoms with E-state index >= 15 is 0 Å². The number of anilines is 1. The summed E-state index contributed by atoms with van der Waals surface area (Å²) in [4.78, 5) is 12.7. The van der Waals surface area contributed by atoms with Gasteiger partial charge in [-0.25, -0.2) is 8.42 Å². The molecule has 0 saturated carbocycles. The lowest BCUT2D eigenvalue weighted by molar-refractivity contribution is 0.0950. The number of carbonyl (C=O) groups is 1. The van der Waals surface area contributed by atoms with E-state index < -0.39 is 10.0 Å². The van der Waals surface area contributed by atoms with Crippen molar-refractivity contribution in [3.8, 4) is 5.75 Å². The second kappa shape index (κ2) is 9.32. The Morgan fingerprint density at radius 1 is 1.03 bits per heavy atom. The van der Waals surface area contributed by atoms with Crippen LogP contribution in [0.25, 0.3) is 0 Å². The molecule has 0 atom stereocenters. The van der Waals surface area contributed by atoms with Crippen LogP contribution in [-0.4, -0.2) is 28.5 Å². The topological polar surface area (TPSA) is 75.7 Å². The molecule has 0 fully saturated rings. The molecular weight excluding hydrogens is 468 g/mol. The first-order valence-corrected chi connectivity index (χ1v) is 11.3. The minimum atomic E-state index is -3.80. The molecular formula is C22H21BrN2O4S. The molecule has 0 saturated heterocycles. The third kappa shape index (κ3) is 4.83. The Kier molecular flexibility index (Phi) is 6.79. The van der Waals surface area contributed by atoms with Gasteiger partial charge in [0.2, 0.25) is 0 Å². The van der Waals surface area contributed by atoms with Gasteiger partial charge in [0.25, 0.3) is 15.9 Å². The maximum Gasteiger partial charge on any atom is 0.264 e. The SMILES string of the molecule is COc1ccc(Br)cc1CNC(=O)c1cccc(S(=O)(=O)N(C)c2ccccc2)c1. The normalized spacial score (nSPS) is 11.0. The van der Waals surface area contributed by atoms with E-state index in [4.69, 9.17) is 4.74 Å². The van der Waals surface area contributed by atoms with Crippen LogP contribution < -0.4 is 14.4 Å². The van der Waals surface area contributed by atoms with E-state index in [9.17, 15) is 13.2 Å². The average Bonchev–Trinajstić information content (AvgIpc) is 2.77. The van der Waals surface area contributed by atoms with Gasteiger partial charge in [-0.15, -0.1) is 0 Å². The maximum absolute atomic E-state index is 13.0. The minimum Gasteiger partial charge on any atom is -0.496 e. The number of amides is 1. The summed E-state index contributed by atoms with van der Waals surface area (Å²) in [5.41, 5.74) is 1.59. The van der Waals surface area contributed by atoms with Crippen molar-refractivity contribution in [2.75, 3.05) is 18.5 Å². The Hall–Kier alpha value is -2.84. The fourth-order valence-corrected chi connectivity index (χ4v) is 4.55. The summed E-state index contributed by atoms with van der Waals surface area (Å²) in [6, 6.07) is 20.3. The molecule has 0 radical (unpaired) electrons. The molecule has 0 aromatic heterocycles. The molecule has 3 rings (SSSR count). The zero-order valence-electron chi connectivity index (χ0n) is 16.5. The fraction of sp³-hybridized carbons (Fsp3) is 0.136. The van der Waals surface area contributed by atoms with E-state index in [1.807, 2.05) is 18.2 Å². The summed E-state index contributed by atoms with van der Waals surface area (Å²) in [5, 5.41) is 2.81. The first-order valence-electron chi connectivity index (χ1n) is 9.07. The zero-order chi connectivity index (χ0) is 21.7. The molecule has 1 amide bonds. The van der Waals surface area contributed by atoms with Crippen molar-refractivity contribution in [2.45, 2.75) is 11.4 Å². The van der Waals surface area contributed by atoms with Crippen molar-refractivity contribution >= 4 is 37.5 Å². The maximum atomic E-state index is 13.0. The van der Waals surface area contributed by atoms with Gasteiger partial charge >= 0.3 is 0 Å². The Labute approximate surface area is 184 Å². The van der Waals surface area contributed by atoms with Crippen LogP contribution in [0.3, 0.4) is 0 Å². The molecule has 3 aromatic rings. The second-order valence-corrected chi connectivity index (χ2v) is 9.36. The van der Waals surface area contributed by atoms with Gasteiger partial charge in [0.05, 0.1) is 17.7 Å². The number of para-hydroxylation sites is 1. The summed E-state index contributed by atoms with van der Waals surface area (Å²) in [5.74, 6) is 0.274. The number of halogens is 1. The van der Waals surface area contributed by atoms with Gasteiger partial charge < -0.3 is 10.1 Å². The summed E-state index contributed by atoms with van der Waals surface area (Å²) in [7, 11) is -0.760. The molecule has 3 aromatic carbocycles. The van der Waals surface area contributed by atoms with E-state index in [1.54, 1.807) is 49.6 Å². The molecule has 30 heavy (non-hydrogen) atoms. The molecule has 0 heterocycles. The number of carbonyl (C=O) groups excluding carboxylic acids is 1. The zero-order valence-corrected chi connectivity index (χ0v) is 18.9. The lowest BCUT2D eigenvalue weighted by Gasteiger charge is -2.19. The van der Waals surface area contributed by atoms with Crippen molar-refractivity contribution in [1.82, 2.24) is 5.32 Å². The quantitative estimate of drug-likeness (QED) is 0.540. The molecule has 0 aliphatic carbocycles. The van der Waals surface area contributed by atoms with Crippen molar-refractivity contribution in [3.63, 3.8) is 0 Å². The highest BCUT2D eigenvalue weighted by Gasteiger charge is 2.22. The predicted molar refractivity (Wildman–Crippen MR) is 120 cm³/mol. The summed E-state index contributed by atoms with van der Waals surface area (Å²) < 4.78 is 33.3. The number of ether oxygens (including phenoxy) is 1. The number of hydrogen-bond acceptors (Lipinski definition) is 4. The first-order chi connectivity index (χ1) is 14.3. The van der Waals surface area contributed by atoms with Crippen molar-refractivity contribution < 1.29 is 17.9 Å². The van der Waals surface area contributed by atoms with E-state index in [0.29, 0.717) is 11.4 Å². The third-order valence-corrected chi connectivity index (χ3v) is 6.83. The van der Waals surface area contributed by atoms with Crippen LogP contribution in [0.2, 0.25) is 0 Å². The largest absolute Gasteiger partial charge is 0.496 e. The number of nitrogens with zero attached hydrogens (tertiary/aromatic N) is 1. The monoisotopic (exact) mass is 488 g/mol. The van der Waals surface area contributed by atoms with Crippen LogP contribution in [0.1, 0.15) is 15.9 Å². The molecule has 0 spiro atoms. The highest BCUT2D eigenvalue weighted by molar-refractivity contribution is 9.10. The molecule has 1 N–H and O–H groups in total. The van der Waals surface area contributed by atoms with E-state index in [1.165, 1.54) is 23.5 Å². The molecule has 6 nitrogen and oxygen atoms in total. The number of hydrogen-bond donors (Lipinski definition) is 1. The van der Waals surface area contributed by atoms with Crippen LogP contribution in [0, 0.1) is 0 Å². The number of benzene rings is 3. The minimum absolute atomic E-state index is 0.0431. The van der Waals surface area contributed by atoms with E-state index in [2.05, 4.69) is 21.2 Å². The number of nitrogens with one attached hydrogen (secondary N) is 1. The van der Waals surface area contributed by atoms with Crippen LogP contribution >= 0.6 is 15.9 Å². The van der Waals surface area contributed by atoms with Crippen molar-refractivity contribution in [1.29, 1.82) is 0 Å². The first kappa shape index (κ1) is 21.9.